The molecule has 1 heterocycles. The van der Waals surface area contributed by atoms with E-state index in [1.165, 1.54) is 0 Å². The van der Waals surface area contributed by atoms with Crippen LogP contribution < -0.4 is 11.5 Å². The normalized spacial score (nSPS) is 11.6. The number of nitrogens with two attached hydrogens (primary N) is 2. The largest absolute Gasteiger partial charge is 0.384 e. The molecule has 5 heteroatoms. The quantitative estimate of drug-likeness (QED) is 0.710. The number of hydrogen-bond acceptors (Lipinski definition) is 3. The van der Waals surface area contributed by atoms with Crippen molar-refractivity contribution >= 4 is 11.7 Å². The van der Waals surface area contributed by atoms with Crippen molar-refractivity contribution in [3.63, 3.8) is 0 Å². The van der Waals surface area contributed by atoms with Gasteiger partial charge < -0.3 is 11.5 Å². The maximum Gasteiger partial charge on any atom is 0.222 e. The molecule has 0 aliphatic heterocycles. The second-order valence-corrected chi connectivity index (χ2v) is 4.28. The lowest BCUT2D eigenvalue weighted by Crippen LogP contribution is -2.25. The zero-order chi connectivity index (χ0) is 10.9. The summed E-state index contributed by atoms with van der Waals surface area (Å²) in [5.41, 5.74) is 11.4. The van der Waals surface area contributed by atoms with Crippen LogP contribution in [0.3, 0.4) is 0 Å². The molecule has 1 aromatic heterocycles. The van der Waals surface area contributed by atoms with Gasteiger partial charge in [0, 0.05) is 5.56 Å². The fourth-order valence-corrected chi connectivity index (χ4v) is 1.25. The summed E-state index contributed by atoms with van der Waals surface area (Å²) in [6.45, 7) is 5.97. The van der Waals surface area contributed by atoms with Crippen LogP contribution in [0, 0.1) is 0 Å². The first-order chi connectivity index (χ1) is 6.32. The van der Waals surface area contributed by atoms with Crippen molar-refractivity contribution < 1.29 is 4.79 Å². The fraction of sp³-hybridized carbons (Fsp3) is 0.556. The zero-order valence-corrected chi connectivity index (χ0v) is 8.74. The van der Waals surface area contributed by atoms with Gasteiger partial charge in [0.05, 0.1) is 18.2 Å². The van der Waals surface area contributed by atoms with E-state index in [0.29, 0.717) is 11.4 Å². The number of hydrogen-bond donors (Lipinski definition) is 2. The maximum atomic E-state index is 10.7. The average molecular weight is 196 g/mol. The highest BCUT2D eigenvalue weighted by atomic mass is 16.1. The first kappa shape index (κ1) is 10.6. The number of rotatable bonds is 2. The van der Waals surface area contributed by atoms with E-state index in [1.54, 1.807) is 10.9 Å². The molecule has 4 N–H and O–H groups in total. The SMILES string of the molecule is CC(C)(C)n1ncc(CC(N)=O)c1N. The Bertz CT molecular complexity index is 348. The van der Waals surface area contributed by atoms with Crippen molar-refractivity contribution in [1.82, 2.24) is 9.78 Å². The molecule has 0 aromatic carbocycles. The molecule has 0 saturated heterocycles. The van der Waals surface area contributed by atoms with Crippen LogP contribution in [0.5, 0.6) is 0 Å². The minimum atomic E-state index is -0.398. The van der Waals surface area contributed by atoms with Crippen molar-refractivity contribution in [3.05, 3.63) is 11.8 Å². The highest BCUT2D eigenvalue weighted by Gasteiger charge is 2.19. The molecular weight excluding hydrogens is 180 g/mol. The van der Waals surface area contributed by atoms with Gasteiger partial charge >= 0.3 is 0 Å². The van der Waals surface area contributed by atoms with E-state index in [4.69, 9.17) is 11.5 Å². The molecule has 1 aromatic rings. The van der Waals surface area contributed by atoms with Crippen molar-refractivity contribution in [2.75, 3.05) is 5.73 Å². The predicted molar refractivity (Wildman–Crippen MR) is 54.5 cm³/mol. The van der Waals surface area contributed by atoms with Crippen LogP contribution in [0.4, 0.5) is 5.82 Å². The molecule has 0 fully saturated rings. The van der Waals surface area contributed by atoms with Crippen LogP contribution in [-0.4, -0.2) is 15.7 Å². The van der Waals surface area contributed by atoms with E-state index in [2.05, 4.69) is 5.10 Å². The number of primary amides is 1. The van der Waals surface area contributed by atoms with Crippen molar-refractivity contribution in [1.29, 1.82) is 0 Å². The standard InChI is InChI=1S/C9H16N4O/c1-9(2,3)13-8(11)6(5-12-13)4-7(10)14/h5H,4,11H2,1-3H3,(H2,10,14). The first-order valence-electron chi connectivity index (χ1n) is 4.43. The summed E-state index contributed by atoms with van der Waals surface area (Å²) >= 11 is 0. The molecule has 1 amide bonds. The number of nitrogens with zero attached hydrogens (tertiary/aromatic N) is 2. The Morgan fingerprint density at radius 1 is 1.57 bits per heavy atom. The highest BCUT2D eigenvalue weighted by molar-refractivity contribution is 5.77. The summed E-state index contributed by atoms with van der Waals surface area (Å²) in [5, 5.41) is 4.12. The Morgan fingerprint density at radius 3 is 2.50 bits per heavy atom. The molecule has 0 aliphatic carbocycles. The van der Waals surface area contributed by atoms with Gasteiger partial charge in [-0.3, -0.25) is 4.79 Å². The third kappa shape index (κ3) is 2.04. The lowest BCUT2D eigenvalue weighted by molar-refractivity contribution is -0.117. The molecule has 1 rings (SSSR count). The van der Waals surface area contributed by atoms with Gasteiger partial charge in [0.1, 0.15) is 5.82 Å². The Balaban J connectivity index is 3.03. The van der Waals surface area contributed by atoms with Crippen LogP contribution in [-0.2, 0) is 16.8 Å². The molecule has 0 saturated carbocycles. The van der Waals surface area contributed by atoms with Gasteiger partial charge in [-0.1, -0.05) is 0 Å². The Morgan fingerprint density at radius 2 is 2.14 bits per heavy atom. The average Bonchev–Trinajstić information content (AvgIpc) is 2.30. The van der Waals surface area contributed by atoms with Crippen molar-refractivity contribution in [2.24, 2.45) is 5.73 Å². The Hall–Kier alpha value is -1.52. The van der Waals surface area contributed by atoms with Crippen molar-refractivity contribution in [2.45, 2.75) is 32.7 Å². The van der Waals surface area contributed by atoms with Crippen LogP contribution in [0.1, 0.15) is 26.3 Å². The molecule has 0 atom stereocenters. The van der Waals surface area contributed by atoms with Crippen LogP contribution in [0.25, 0.3) is 0 Å². The lowest BCUT2D eigenvalue weighted by Gasteiger charge is -2.20. The van der Waals surface area contributed by atoms with Gasteiger partial charge in [-0.25, -0.2) is 4.68 Å². The Kier molecular flexibility index (Phi) is 2.51. The predicted octanol–water partition coefficient (Wildman–Crippen LogP) is 0.248. The molecule has 0 unspecified atom stereocenters. The zero-order valence-electron chi connectivity index (χ0n) is 8.74. The summed E-state index contributed by atoms with van der Waals surface area (Å²) in [6, 6.07) is 0. The number of carbonyl (C=O) groups is 1. The van der Waals surface area contributed by atoms with Gasteiger partial charge in [0.2, 0.25) is 5.91 Å². The van der Waals surface area contributed by atoms with E-state index < -0.39 is 5.91 Å². The summed E-state index contributed by atoms with van der Waals surface area (Å²) < 4.78 is 1.69. The molecule has 0 aliphatic rings. The van der Waals surface area contributed by atoms with E-state index >= 15 is 0 Å². The highest BCUT2D eigenvalue weighted by Crippen LogP contribution is 2.20. The van der Waals surface area contributed by atoms with Crippen LogP contribution in [0.15, 0.2) is 6.20 Å². The number of amides is 1. The van der Waals surface area contributed by atoms with Gasteiger partial charge in [0.15, 0.2) is 0 Å². The maximum absolute atomic E-state index is 10.7. The first-order valence-corrected chi connectivity index (χ1v) is 4.43. The van der Waals surface area contributed by atoms with Gasteiger partial charge in [0.25, 0.3) is 0 Å². The Labute approximate surface area is 83.1 Å². The van der Waals surface area contributed by atoms with Gasteiger partial charge in [-0.2, -0.15) is 5.10 Å². The number of aromatic nitrogens is 2. The molecule has 5 nitrogen and oxygen atoms in total. The van der Waals surface area contributed by atoms with Crippen LogP contribution >= 0.6 is 0 Å². The fourth-order valence-electron chi connectivity index (χ4n) is 1.25. The number of anilines is 1. The molecule has 0 bridgehead atoms. The van der Waals surface area contributed by atoms with E-state index in [1.807, 2.05) is 20.8 Å². The van der Waals surface area contributed by atoms with E-state index in [0.717, 1.165) is 0 Å². The lowest BCUT2D eigenvalue weighted by atomic mass is 10.1. The summed E-state index contributed by atoms with van der Waals surface area (Å²) in [6.07, 6.45) is 1.73. The van der Waals surface area contributed by atoms with Gasteiger partial charge in [-0.05, 0) is 20.8 Å². The topological polar surface area (TPSA) is 86.9 Å². The van der Waals surface area contributed by atoms with Crippen molar-refractivity contribution in [3.8, 4) is 0 Å². The second kappa shape index (κ2) is 3.32. The summed E-state index contributed by atoms with van der Waals surface area (Å²) in [7, 11) is 0. The second-order valence-electron chi connectivity index (χ2n) is 4.28. The monoisotopic (exact) mass is 196 g/mol. The third-order valence-corrected chi connectivity index (χ3v) is 1.89. The third-order valence-electron chi connectivity index (χ3n) is 1.89. The van der Waals surface area contributed by atoms with E-state index in [-0.39, 0.29) is 12.0 Å². The smallest absolute Gasteiger partial charge is 0.222 e. The minimum Gasteiger partial charge on any atom is -0.384 e. The van der Waals surface area contributed by atoms with E-state index in [9.17, 15) is 4.79 Å². The van der Waals surface area contributed by atoms with Crippen LogP contribution in [0.2, 0.25) is 0 Å². The molecular formula is C9H16N4O. The summed E-state index contributed by atoms with van der Waals surface area (Å²) in [5.74, 6) is 0.112. The minimum absolute atomic E-state index is 0.141. The molecule has 0 radical (unpaired) electrons. The summed E-state index contributed by atoms with van der Waals surface area (Å²) in [4.78, 5) is 10.7. The number of carbonyl (C=O) groups excluding carboxylic acids is 1. The number of nitrogen functional groups attached to an aromatic ring is 1. The molecule has 14 heavy (non-hydrogen) atoms. The van der Waals surface area contributed by atoms with Gasteiger partial charge in [-0.15, -0.1) is 0 Å². The molecule has 0 spiro atoms. The molecule has 78 valence electrons.